The first-order chi connectivity index (χ1) is 6.94. The van der Waals surface area contributed by atoms with Gasteiger partial charge in [-0.3, -0.25) is 4.79 Å². The van der Waals surface area contributed by atoms with Crippen molar-refractivity contribution in [3.05, 3.63) is 30.3 Å². The van der Waals surface area contributed by atoms with Crippen molar-refractivity contribution in [3.8, 4) is 0 Å². The van der Waals surface area contributed by atoms with Crippen LogP contribution in [0, 0.1) is 0 Å². The number of amides is 1. The van der Waals surface area contributed by atoms with Gasteiger partial charge in [-0.05, 0) is 26.0 Å². The minimum absolute atomic E-state index is 0.587. The van der Waals surface area contributed by atoms with Gasteiger partial charge in [0.1, 0.15) is 0 Å². The molecule has 0 fully saturated rings. The molecular weight excluding hydrogens is 194 g/mol. The van der Waals surface area contributed by atoms with Gasteiger partial charge in [-0.1, -0.05) is 18.2 Å². The normalized spacial score (nSPS) is 16.5. The Morgan fingerprint density at radius 2 is 1.93 bits per heavy atom. The Hall–Kier alpha value is -1.39. The molecule has 4 nitrogen and oxygen atoms in total. The number of aliphatic hydroxyl groups is 2. The van der Waals surface area contributed by atoms with Crippen LogP contribution in [0.25, 0.3) is 0 Å². The molecule has 0 aliphatic carbocycles. The number of nitrogens with one attached hydrogen (secondary N) is 1. The molecular formula is C11H15NO3. The molecule has 0 aromatic heterocycles. The minimum Gasteiger partial charge on any atom is -0.390 e. The lowest BCUT2D eigenvalue weighted by atomic mass is 9.99. The molecule has 0 radical (unpaired) electrons. The summed E-state index contributed by atoms with van der Waals surface area (Å²) in [6.07, 6.45) is -1.12. The standard InChI is InChI=1S/C11H15NO3/c1-8(13)11(2,15)10(14)12-9-6-4-3-5-7-9/h3-8,13,15H,1-2H3,(H,12,14)/t8-,11+/m1/s1. The molecule has 1 amide bonds. The van der Waals surface area contributed by atoms with E-state index < -0.39 is 17.6 Å². The van der Waals surface area contributed by atoms with Crippen LogP contribution in [0.4, 0.5) is 5.69 Å². The average molecular weight is 209 g/mol. The van der Waals surface area contributed by atoms with Crippen LogP contribution in [-0.2, 0) is 4.79 Å². The van der Waals surface area contributed by atoms with Crippen molar-refractivity contribution in [3.63, 3.8) is 0 Å². The third-order valence-corrected chi connectivity index (χ3v) is 2.30. The van der Waals surface area contributed by atoms with Gasteiger partial charge in [0, 0.05) is 5.69 Å². The fourth-order valence-electron chi connectivity index (χ4n) is 0.969. The Labute approximate surface area is 88.6 Å². The number of carbonyl (C=O) groups is 1. The van der Waals surface area contributed by atoms with E-state index in [1.165, 1.54) is 13.8 Å². The molecule has 15 heavy (non-hydrogen) atoms. The van der Waals surface area contributed by atoms with E-state index in [2.05, 4.69) is 5.32 Å². The van der Waals surface area contributed by atoms with E-state index >= 15 is 0 Å². The Morgan fingerprint density at radius 3 is 2.40 bits per heavy atom. The molecule has 0 spiro atoms. The summed E-state index contributed by atoms with van der Waals surface area (Å²) >= 11 is 0. The summed E-state index contributed by atoms with van der Waals surface area (Å²) in [5.74, 6) is -0.622. The van der Waals surface area contributed by atoms with E-state index in [0.29, 0.717) is 5.69 Å². The number of rotatable bonds is 3. The second-order valence-corrected chi connectivity index (χ2v) is 3.64. The summed E-state index contributed by atoms with van der Waals surface area (Å²) in [6.45, 7) is 2.64. The lowest BCUT2D eigenvalue weighted by Gasteiger charge is -2.24. The lowest BCUT2D eigenvalue weighted by Crippen LogP contribution is -2.48. The monoisotopic (exact) mass is 209 g/mol. The summed E-state index contributed by atoms with van der Waals surface area (Å²) in [6, 6.07) is 8.77. The van der Waals surface area contributed by atoms with E-state index in [4.69, 9.17) is 0 Å². The van der Waals surface area contributed by atoms with Crippen molar-refractivity contribution in [2.45, 2.75) is 25.6 Å². The molecule has 1 rings (SSSR count). The van der Waals surface area contributed by atoms with E-state index in [1.54, 1.807) is 24.3 Å². The van der Waals surface area contributed by atoms with Crippen LogP contribution in [0.2, 0.25) is 0 Å². The van der Waals surface area contributed by atoms with Gasteiger partial charge in [0.15, 0.2) is 5.60 Å². The van der Waals surface area contributed by atoms with Crippen molar-refractivity contribution < 1.29 is 15.0 Å². The van der Waals surface area contributed by atoms with E-state index in [1.807, 2.05) is 6.07 Å². The fourth-order valence-corrected chi connectivity index (χ4v) is 0.969. The van der Waals surface area contributed by atoms with Crippen molar-refractivity contribution in [2.24, 2.45) is 0 Å². The van der Waals surface area contributed by atoms with Crippen LogP contribution in [0.15, 0.2) is 30.3 Å². The highest BCUT2D eigenvalue weighted by Crippen LogP contribution is 2.14. The highest BCUT2D eigenvalue weighted by atomic mass is 16.3. The maximum atomic E-state index is 11.6. The molecule has 3 N–H and O–H groups in total. The number of hydrogen-bond acceptors (Lipinski definition) is 3. The minimum atomic E-state index is -1.78. The zero-order valence-electron chi connectivity index (χ0n) is 8.77. The smallest absolute Gasteiger partial charge is 0.258 e. The quantitative estimate of drug-likeness (QED) is 0.688. The molecule has 0 unspecified atom stereocenters. The number of aliphatic hydroxyl groups excluding tert-OH is 1. The Morgan fingerprint density at radius 1 is 1.40 bits per heavy atom. The number of carbonyl (C=O) groups excluding carboxylic acids is 1. The molecule has 0 aliphatic heterocycles. The number of anilines is 1. The molecule has 4 heteroatoms. The highest BCUT2D eigenvalue weighted by molar-refractivity contribution is 5.97. The Kier molecular flexibility index (Phi) is 3.44. The number of benzene rings is 1. The topological polar surface area (TPSA) is 69.6 Å². The van der Waals surface area contributed by atoms with Crippen LogP contribution in [0.5, 0.6) is 0 Å². The molecule has 0 bridgehead atoms. The summed E-state index contributed by atoms with van der Waals surface area (Å²) < 4.78 is 0. The van der Waals surface area contributed by atoms with Crippen LogP contribution < -0.4 is 5.32 Å². The highest BCUT2D eigenvalue weighted by Gasteiger charge is 2.35. The Balaban J connectivity index is 2.72. The van der Waals surface area contributed by atoms with Gasteiger partial charge in [0.2, 0.25) is 0 Å². The van der Waals surface area contributed by atoms with E-state index in [0.717, 1.165) is 0 Å². The zero-order valence-corrected chi connectivity index (χ0v) is 8.77. The second-order valence-electron chi connectivity index (χ2n) is 3.64. The molecule has 0 saturated carbocycles. The summed E-state index contributed by atoms with van der Waals surface area (Å²) in [5, 5.41) is 21.4. The van der Waals surface area contributed by atoms with E-state index in [-0.39, 0.29) is 0 Å². The molecule has 0 saturated heterocycles. The van der Waals surface area contributed by atoms with Gasteiger partial charge in [0.05, 0.1) is 6.10 Å². The van der Waals surface area contributed by atoms with Gasteiger partial charge >= 0.3 is 0 Å². The van der Waals surface area contributed by atoms with Crippen molar-refractivity contribution >= 4 is 11.6 Å². The van der Waals surface area contributed by atoms with Crippen molar-refractivity contribution in [2.75, 3.05) is 5.32 Å². The third kappa shape index (κ3) is 2.78. The first kappa shape index (κ1) is 11.7. The van der Waals surface area contributed by atoms with Gasteiger partial charge < -0.3 is 15.5 Å². The predicted octanol–water partition coefficient (Wildman–Crippen LogP) is 0.757. The van der Waals surface area contributed by atoms with Gasteiger partial charge in [-0.25, -0.2) is 0 Å². The predicted molar refractivity (Wildman–Crippen MR) is 57.4 cm³/mol. The maximum Gasteiger partial charge on any atom is 0.258 e. The maximum absolute atomic E-state index is 11.6. The summed E-state index contributed by atoms with van der Waals surface area (Å²) in [7, 11) is 0. The fraction of sp³-hybridized carbons (Fsp3) is 0.364. The number of hydrogen-bond donors (Lipinski definition) is 3. The van der Waals surface area contributed by atoms with Gasteiger partial charge in [-0.15, -0.1) is 0 Å². The molecule has 82 valence electrons. The largest absolute Gasteiger partial charge is 0.390 e. The Bertz CT molecular complexity index is 333. The zero-order chi connectivity index (χ0) is 11.5. The van der Waals surface area contributed by atoms with Gasteiger partial charge in [-0.2, -0.15) is 0 Å². The molecule has 2 atom stereocenters. The van der Waals surface area contributed by atoms with Crippen LogP contribution in [0.3, 0.4) is 0 Å². The van der Waals surface area contributed by atoms with Crippen LogP contribution >= 0.6 is 0 Å². The molecule has 0 heterocycles. The van der Waals surface area contributed by atoms with Crippen LogP contribution in [-0.4, -0.2) is 27.8 Å². The van der Waals surface area contributed by atoms with Crippen LogP contribution in [0.1, 0.15) is 13.8 Å². The third-order valence-electron chi connectivity index (χ3n) is 2.30. The summed E-state index contributed by atoms with van der Waals surface area (Å²) in [5.41, 5.74) is -1.20. The first-order valence-corrected chi connectivity index (χ1v) is 4.71. The molecule has 1 aromatic carbocycles. The summed E-state index contributed by atoms with van der Waals surface area (Å²) in [4.78, 5) is 11.6. The number of para-hydroxylation sites is 1. The van der Waals surface area contributed by atoms with Crippen molar-refractivity contribution in [1.82, 2.24) is 0 Å². The molecule has 1 aromatic rings. The lowest BCUT2D eigenvalue weighted by molar-refractivity contribution is -0.142. The average Bonchev–Trinajstić information content (AvgIpc) is 2.18. The van der Waals surface area contributed by atoms with Crippen molar-refractivity contribution in [1.29, 1.82) is 0 Å². The van der Waals surface area contributed by atoms with Gasteiger partial charge in [0.25, 0.3) is 5.91 Å². The van der Waals surface area contributed by atoms with E-state index in [9.17, 15) is 15.0 Å². The molecule has 0 aliphatic rings. The SMILES string of the molecule is C[C@@H](O)[C@](C)(O)C(=O)Nc1ccccc1. The second kappa shape index (κ2) is 4.42. The first-order valence-electron chi connectivity index (χ1n) is 4.71.